The number of rotatable bonds is 10. The van der Waals surface area contributed by atoms with Gasteiger partial charge in [-0.15, -0.1) is 12.4 Å². The van der Waals surface area contributed by atoms with Crippen molar-refractivity contribution in [2.24, 2.45) is 5.73 Å². The molecule has 0 fully saturated rings. The lowest BCUT2D eigenvalue weighted by atomic mass is 10.2. The summed E-state index contributed by atoms with van der Waals surface area (Å²) in [5.41, 5.74) is 5.86. The van der Waals surface area contributed by atoms with Gasteiger partial charge >= 0.3 is 0 Å². The first-order chi connectivity index (χ1) is 8.17. The topological polar surface area (TPSA) is 64.8 Å². The molecule has 0 aliphatic heterocycles. The van der Waals surface area contributed by atoms with Crippen LogP contribution >= 0.6 is 24.2 Å². The van der Waals surface area contributed by atoms with E-state index in [9.17, 15) is 4.79 Å². The van der Waals surface area contributed by atoms with Crippen LogP contribution < -0.4 is 5.73 Å². The molecule has 0 unspecified atom stereocenters. The maximum atomic E-state index is 12.0. The second kappa shape index (κ2) is 13.4. The van der Waals surface area contributed by atoms with E-state index < -0.39 is 6.04 Å². The highest BCUT2D eigenvalue weighted by Crippen LogP contribution is 2.03. The first-order valence-electron chi connectivity index (χ1n) is 5.68. The summed E-state index contributed by atoms with van der Waals surface area (Å²) in [7, 11) is 3.24. The smallest absolute Gasteiger partial charge is 0.239 e. The Morgan fingerprint density at radius 1 is 1.28 bits per heavy atom. The Labute approximate surface area is 120 Å². The SMILES string of the molecule is COCCN(CCOC)C(=O)[C@@H](N)CCSC.Cl. The van der Waals surface area contributed by atoms with E-state index in [1.54, 1.807) is 30.9 Å². The van der Waals surface area contributed by atoms with Gasteiger partial charge in [-0.1, -0.05) is 0 Å². The van der Waals surface area contributed by atoms with Gasteiger partial charge in [0, 0.05) is 27.3 Å². The summed E-state index contributed by atoms with van der Waals surface area (Å²) in [6.07, 6.45) is 2.71. The van der Waals surface area contributed by atoms with E-state index in [-0.39, 0.29) is 18.3 Å². The molecule has 18 heavy (non-hydrogen) atoms. The normalized spacial score (nSPS) is 11.8. The Balaban J connectivity index is 0. The quantitative estimate of drug-likeness (QED) is 0.640. The molecule has 0 radical (unpaired) electrons. The largest absolute Gasteiger partial charge is 0.383 e. The third-order valence-electron chi connectivity index (χ3n) is 2.39. The van der Waals surface area contributed by atoms with Crippen LogP contribution in [0, 0.1) is 0 Å². The highest BCUT2D eigenvalue weighted by Gasteiger charge is 2.19. The van der Waals surface area contributed by atoms with E-state index in [0.717, 1.165) is 5.75 Å². The third-order valence-corrected chi connectivity index (χ3v) is 3.04. The van der Waals surface area contributed by atoms with Crippen molar-refractivity contribution in [3.63, 3.8) is 0 Å². The van der Waals surface area contributed by atoms with E-state index in [1.165, 1.54) is 0 Å². The Hall–Kier alpha value is -0.0100. The molecular weight excluding hydrogens is 276 g/mol. The van der Waals surface area contributed by atoms with Crippen molar-refractivity contribution in [2.45, 2.75) is 12.5 Å². The van der Waals surface area contributed by atoms with Crippen LogP contribution in [0.2, 0.25) is 0 Å². The monoisotopic (exact) mass is 300 g/mol. The van der Waals surface area contributed by atoms with Gasteiger partial charge in [-0.05, 0) is 18.4 Å². The van der Waals surface area contributed by atoms with E-state index in [1.807, 2.05) is 6.26 Å². The molecule has 0 aliphatic rings. The van der Waals surface area contributed by atoms with Crippen molar-refractivity contribution in [3.8, 4) is 0 Å². The lowest BCUT2D eigenvalue weighted by molar-refractivity contribution is -0.133. The van der Waals surface area contributed by atoms with Crippen molar-refractivity contribution >= 4 is 30.1 Å². The van der Waals surface area contributed by atoms with Crippen LogP contribution in [0.3, 0.4) is 0 Å². The van der Waals surface area contributed by atoms with Crippen LogP contribution in [0.5, 0.6) is 0 Å². The minimum absolute atomic E-state index is 0. The van der Waals surface area contributed by atoms with Gasteiger partial charge < -0.3 is 20.1 Å². The van der Waals surface area contributed by atoms with Gasteiger partial charge in [0.2, 0.25) is 5.91 Å². The van der Waals surface area contributed by atoms with E-state index in [4.69, 9.17) is 15.2 Å². The molecule has 110 valence electrons. The molecule has 0 aromatic heterocycles. The molecule has 5 nitrogen and oxygen atoms in total. The van der Waals surface area contributed by atoms with E-state index >= 15 is 0 Å². The van der Waals surface area contributed by atoms with Crippen molar-refractivity contribution < 1.29 is 14.3 Å². The second-order valence-corrected chi connectivity index (χ2v) is 4.68. The van der Waals surface area contributed by atoms with Crippen LogP contribution in [0.15, 0.2) is 0 Å². The van der Waals surface area contributed by atoms with Crippen molar-refractivity contribution in [3.05, 3.63) is 0 Å². The lowest BCUT2D eigenvalue weighted by Crippen LogP contribution is -2.46. The van der Waals surface area contributed by atoms with Crippen molar-refractivity contribution in [2.75, 3.05) is 52.5 Å². The number of carbonyl (C=O) groups excluding carboxylic acids is 1. The van der Waals surface area contributed by atoms with Crippen LogP contribution in [0.1, 0.15) is 6.42 Å². The molecule has 2 N–H and O–H groups in total. The number of amides is 1. The highest BCUT2D eigenvalue weighted by molar-refractivity contribution is 7.98. The van der Waals surface area contributed by atoms with Gasteiger partial charge in [-0.25, -0.2) is 0 Å². The summed E-state index contributed by atoms with van der Waals surface area (Å²) in [5.74, 6) is 0.878. The molecule has 0 heterocycles. The predicted octanol–water partition coefficient (Wildman–Crippen LogP) is 0.610. The zero-order chi connectivity index (χ0) is 13.1. The van der Waals surface area contributed by atoms with Gasteiger partial charge in [0.05, 0.1) is 19.3 Å². The van der Waals surface area contributed by atoms with Crippen LogP contribution in [-0.2, 0) is 14.3 Å². The molecule has 0 aromatic rings. The maximum absolute atomic E-state index is 12.0. The molecule has 1 amide bonds. The predicted molar refractivity (Wildman–Crippen MR) is 78.6 cm³/mol. The Kier molecular flexibility index (Phi) is 15.1. The number of nitrogens with zero attached hydrogens (tertiary/aromatic N) is 1. The molecule has 1 atom stereocenters. The van der Waals surface area contributed by atoms with Crippen molar-refractivity contribution in [1.29, 1.82) is 0 Å². The molecular formula is C11H25ClN2O3S. The van der Waals surface area contributed by atoms with Crippen LogP contribution in [0.25, 0.3) is 0 Å². The number of hydrogen-bond donors (Lipinski definition) is 1. The third kappa shape index (κ3) is 8.99. The summed E-state index contributed by atoms with van der Waals surface area (Å²) in [6, 6.07) is -0.420. The minimum atomic E-state index is -0.420. The van der Waals surface area contributed by atoms with E-state index in [2.05, 4.69) is 0 Å². The number of nitrogens with two attached hydrogens (primary N) is 1. The molecule has 0 spiro atoms. The molecule has 7 heteroatoms. The van der Waals surface area contributed by atoms with E-state index in [0.29, 0.717) is 32.7 Å². The zero-order valence-electron chi connectivity index (χ0n) is 11.4. The fraction of sp³-hybridized carbons (Fsp3) is 0.909. The highest BCUT2D eigenvalue weighted by atomic mass is 35.5. The maximum Gasteiger partial charge on any atom is 0.239 e. The summed E-state index contributed by atoms with van der Waals surface area (Å²) < 4.78 is 9.97. The lowest BCUT2D eigenvalue weighted by Gasteiger charge is -2.25. The Morgan fingerprint density at radius 3 is 2.17 bits per heavy atom. The number of methoxy groups -OCH3 is 2. The average Bonchev–Trinajstić information content (AvgIpc) is 2.35. The van der Waals surface area contributed by atoms with Gasteiger partial charge in [0.25, 0.3) is 0 Å². The molecule has 0 aliphatic carbocycles. The fourth-order valence-electron chi connectivity index (χ4n) is 1.34. The summed E-state index contributed by atoms with van der Waals surface area (Å²) in [6.45, 7) is 2.16. The first-order valence-corrected chi connectivity index (χ1v) is 7.08. The number of halogens is 1. The second-order valence-electron chi connectivity index (χ2n) is 3.70. The Morgan fingerprint density at radius 2 is 1.78 bits per heavy atom. The first kappa shape index (κ1) is 20.3. The summed E-state index contributed by atoms with van der Waals surface area (Å²) in [5, 5.41) is 0. The molecule has 0 aromatic carbocycles. The standard InChI is InChI=1S/C11H24N2O3S.ClH/c1-15-7-5-13(6-8-16-2)11(14)10(12)4-9-17-3;/h10H,4-9,12H2,1-3H3;1H/t10-;/m0./s1. The molecule has 0 saturated carbocycles. The number of hydrogen-bond acceptors (Lipinski definition) is 5. The van der Waals surface area contributed by atoms with Crippen LogP contribution in [0.4, 0.5) is 0 Å². The van der Waals surface area contributed by atoms with Gasteiger partial charge in [-0.2, -0.15) is 11.8 Å². The molecule has 0 saturated heterocycles. The zero-order valence-corrected chi connectivity index (χ0v) is 13.0. The molecule has 0 rings (SSSR count). The Bertz CT molecular complexity index is 203. The number of carbonyl (C=O) groups is 1. The number of ether oxygens (including phenoxy) is 2. The average molecular weight is 301 g/mol. The van der Waals surface area contributed by atoms with Crippen molar-refractivity contribution in [1.82, 2.24) is 4.90 Å². The van der Waals surface area contributed by atoms with Gasteiger partial charge in [0.15, 0.2) is 0 Å². The van der Waals surface area contributed by atoms with Crippen LogP contribution in [-0.4, -0.2) is 69.4 Å². The number of thioether (sulfide) groups is 1. The van der Waals surface area contributed by atoms with Gasteiger partial charge in [-0.3, -0.25) is 4.79 Å². The molecule has 0 bridgehead atoms. The van der Waals surface area contributed by atoms with Gasteiger partial charge in [0.1, 0.15) is 0 Å². The fourth-order valence-corrected chi connectivity index (χ4v) is 1.83. The minimum Gasteiger partial charge on any atom is -0.383 e. The summed E-state index contributed by atoms with van der Waals surface area (Å²) in [4.78, 5) is 13.7. The summed E-state index contributed by atoms with van der Waals surface area (Å²) >= 11 is 1.69.